The van der Waals surface area contributed by atoms with E-state index in [1.54, 1.807) is 18.2 Å². The van der Waals surface area contributed by atoms with Crippen molar-refractivity contribution in [3.63, 3.8) is 0 Å². The van der Waals surface area contributed by atoms with Crippen LogP contribution in [0.5, 0.6) is 5.75 Å². The highest BCUT2D eigenvalue weighted by atomic mass is 19.4. The van der Waals surface area contributed by atoms with Gasteiger partial charge < -0.3 is 10.1 Å². The van der Waals surface area contributed by atoms with Gasteiger partial charge in [0.15, 0.2) is 0 Å². The lowest BCUT2D eigenvalue weighted by atomic mass is 10.1. The van der Waals surface area contributed by atoms with E-state index in [2.05, 4.69) is 20.0 Å². The Bertz CT molecular complexity index is 1170. The van der Waals surface area contributed by atoms with Crippen molar-refractivity contribution in [3.05, 3.63) is 72.3 Å². The Morgan fingerprint density at radius 1 is 0.821 bits per heavy atom. The second-order valence-corrected chi connectivity index (χ2v) is 5.94. The Morgan fingerprint density at radius 3 is 2.07 bits per heavy atom. The molecule has 1 heterocycles. The maximum Gasteiger partial charge on any atom is 0.573 e. The van der Waals surface area contributed by atoms with Gasteiger partial charge in [-0.3, -0.25) is 4.79 Å². The molecule has 1 amide bonds. The maximum atomic E-state index is 12.5. The zero-order chi connectivity index (χ0) is 19.7. The highest BCUT2D eigenvalue weighted by Gasteiger charge is 2.30. The van der Waals surface area contributed by atoms with Crippen LogP contribution in [0.1, 0.15) is 10.4 Å². The smallest absolute Gasteiger partial charge is 0.406 e. The molecule has 0 unspecified atom stereocenters. The summed E-state index contributed by atoms with van der Waals surface area (Å²) in [6.45, 7) is 0. The normalized spacial score (nSPS) is 11.5. The molecule has 4 rings (SSSR count). The molecular formula is C20H12F3N3O2. The van der Waals surface area contributed by atoms with Gasteiger partial charge >= 0.3 is 6.36 Å². The van der Waals surface area contributed by atoms with E-state index >= 15 is 0 Å². The first-order valence-corrected chi connectivity index (χ1v) is 8.21. The Morgan fingerprint density at radius 2 is 1.43 bits per heavy atom. The van der Waals surface area contributed by atoms with E-state index in [-0.39, 0.29) is 5.75 Å². The first-order valence-electron chi connectivity index (χ1n) is 8.21. The van der Waals surface area contributed by atoms with Gasteiger partial charge in [-0.15, -0.1) is 13.2 Å². The number of carbonyl (C=O) groups excluding carboxylic acids is 1. The van der Waals surface area contributed by atoms with Gasteiger partial charge in [0.2, 0.25) is 0 Å². The van der Waals surface area contributed by atoms with Crippen LogP contribution in [0, 0.1) is 0 Å². The maximum absolute atomic E-state index is 12.5. The minimum absolute atomic E-state index is 0.337. The van der Waals surface area contributed by atoms with Crippen molar-refractivity contribution in [2.45, 2.75) is 6.36 Å². The third-order valence-corrected chi connectivity index (χ3v) is 3.95. The summed E-state index contributed by atoms with van der Waals surface area (Å²) in [6.07, 6.45) is -4.76. The van der Waals surface area contributed by atoms with Crippen molar-refractivity contribution in [2.75, 3.05) is 5.32 Å². The lowest BCUT2D eigenvalue weighted by Crippen LogP contribution is -2.17. The molecule has 28 heavy (non-hydrogen) atoms. The van der Waals surface area contributed by atoms with Gasteiger partial charge in [-0.05, 0) is 54.6 Å². The van der Waals surface area contributed by atoms with Crippen LogP contribution in [0.15, 0.2) is 66.7 Å². The van der Waals surface area contributed by atoms with E-state index in [0.29, 0.717) is 27.8 Å². The van der Waals surface area contributed by atoms with Crippen molar-refractivity contribution in [3.8, 4) is 5.75 Å². The summed E-state index contributed by atoms with van der Waals surface area (Å²) in [7, 11) is 0. The molecule has 0 aliphatic rings. The van der Waals surface area contributed by atoms with Gasteiger partial charge in [-0.2, -0.15) is 0 Å². The van der Waals surface area contributed by atoms with Crippen LogP contribution in [0.2, 0.25) is 0 Å². The lowest BCUT2D eigenvalue weighted by molar-refractivity contribution is -0.274. The van der Waals surface area contributed by atoms with Crippen LogP contribution < -0.4 is 10.1 Å². The summed E-state index contributed by atoms with van der Waals surface area (Å²) in [6, 6.07) is 17.2. The number of hydrogen-bond acceptors (Lipinski definition) is 4. The Kier molecular flexibility index (Phi) is 4.31. The number of benzene rings is 3. The van der Waals surface area contributed by atoms with Crippen LogP contribution in [-0.4, -0.2) is 22.2 Å². The molecule has 0 aliphatic heterocycles. The van der Waals surface area contributed by atoms with Crippen LogP contribution in [0.4, 0.5) is 18.9 Å². The molecule has 0 spiro atoms. The van der Waals surface area contributed by atoms with E-state index in [4.69, 9.17) is 0 Å². The first kappa shape index (κ1) is 17.7. The molecule has 0 aliphatic carbocycles. The molecule has 0 atom stereocenters. The quantitative estimate of drug-likeness (QED) is 0.509. The monoisotopic (exact) mass is 383 g/mol. The third-order valence-electron chi connectivity index (χ3n) is 3.95. The number of aromatic nitrogens is 2. The van der Waals surface area contributed by atoms with Crippen molar-refractivity contribution < 1.29 is 22.7 Å². The Hall–Kier alpha value is -3.68. The number of hydrogen-bond donors (Lipinski definition) is 1. The van der Waals surface area contributed by atoms with Gasteiger partial charge in [-0.1, -0.05) is 12.1 Å². The molecule has 4 aromatic rings. The van der Waals surface area contributed by atoms with E-state index < -0.39 is 12.3 Å². The summed E-state index contributed by atoms with van der Waals surface area (Å²) >= 11 is 0. The number of fused-ring (bicyclic) bond motifs is 2. The second kappa shape index (κ2) is 6.80. The molecule has 0 fully saturated rings. The zero-order valence-corrected chi connectivity index (χ0v) is 14.2. The summed E-state index contributed by atoms with van der Waals surface area (Å²) in [5, 5.41) is 2.63. The second-order valence-electron chi connectivity index (χ2n) is 5.94. The summed E-state index contributed by atoms with van der Waals surface area (Å²) in [4.78, 5) is 21.5. The molecule has 3 aromatic carbocycles. The van der Waals surface area contributed by atoms with Crippen molar-refractivity contribution in [1.82, 2.24) is 9.97 Å². The predicted molar refractivity (Wildman–Crippen MR) is 98.1 cm³/mol. The standard InChI is InChI=1S/C20H12F3N3O2/c21-20(22,23)28-14-8-6-13(7-9-14)24-19(27)12-5-10-17-18(11-12)26-16-4-2-1-3-15(16)25-17/h1-11H,(H,24,27). The summed E-state index contributed by atoms with van der Waals surface area (Å²) in [5.41, 5.74) is 3.39. The van der Waals surface area contributed by atoms with Gasteiger partial charge in [0, 0.05) is 11.3 Å². The zero-order valence-electron chi connectivity index (χ0n) is 14.2. The molecule has 0 saturated heterocycles. The number of nitrogens with one attached hydrogen (secondary N) is 1. The fraction of sp³-hybridized carbons (Fsp3) is 0.0500. The minimum Gasteiger partial charge on any atom is -0.406 e. The van der Waals surface area contributed by atoms with Crippen LogP contribution in [0.3, 0.4) is 0 Å². The Balaban J connectivity index is 1.55. The summed E-state index contributed by atoms with van der Waals surface area (Å²) in [5.74, 6) is -0.778. The highest BCUT2D eigenvalue weighted by molar-refractivity contribution is 6.06. The van der Waals surface area contributed by atoms with Crippen LogP contribution >= 0.6 is 0 Å². The number of anilines is 1. The average Bonchev–Trinajstić information content (AvgIpc) is 2.66. The van der Waals surface area contributed by atoms with E-state index in [9.17, 15) is 18.0 Å². The lowest BCUT2D eigenvalue weighted by Gasteiger charge is -2.10. The third kappa shape index (κ3) is 3.85. The number of rotatable bonds is 3. The topological polar surface area (TPSA) is 64.1 Å². The molecule has 5 nitrogen and oxygen atoms in total. The SMILES string of the molecule is O=C(Nc1ccc(OC(F)(F)F)cc1)c1ccc2nc3ccccc3nc2c1. The number of halogens is 3. The molecule has 0 radical (unpaired) electrons. The number of carbonyl (C=O) groups is 1. The Labute approximate surface area is 156 Å². The fourth-order valence-corrected chi connectivity index (χ4v) is 2.70. The molecule has 1 N–H and O–H groups in total. The molecular weight excluding hydrogens is 371 g/mol. The van der Waals surface area contributed by atoms with Crippen molar-refractivity contribution in [2.24, 2.45) is 0 Å². The molecule has 1 aromatic heterocycles. The van der Waals surface area contributed by atoms with Crippen LogP contribution in [-0.2, 0) is 0 Å². The van der Waals surface area contributed by atoms with Gasteiger partial charge in [0.1, 0.15) is 5.75 Å². The van der Waals surface area contributed by atoms with E-state index in [0.717, 1.165) is 17.6 Å². The number of alkyl halides is 3. The van der Waals surface area contributed by atoms with Crippen molar-refractivity contribution >= 4 is 33.7 Å². The average molecular weight is 383 g/mol. The largest absolute Gasteiger partial charge is 0.573 e. The summed E-state index contributed by atoms with van der Waals surface area (Å²) < 4.78 is 40.4. The number of ether oxygens (including phenoxy) is 1. The predicted octanol–water partition coefficient (Wildman–Crippen LogP) is 4.93. The molecule has 0 saturated carbocycles. The van der Waals surface area contributed by atoms with E-state index in [1.807, 2.05) is 24.3 Å². The number of amides is 1. The van der Waals surface area contributed by atoms with Gasteiger partial charge in [-0.25, -0.2) is 9.97 Å². The number of para-hydroxylation sites is 2. The van der Waals surface area contributed by atoms with Gasteiger partial charge in [0.25, 0.3) is 5.91 Å². The first-order chi connectivity index (χ1) is 13.4. The van der Waals surface area contributed by atoms with Gasteiger partial charge in [0.05, 0.1) is 22.1 Å². The minimum atomic E-state index is -4.76. The van der Waals surface area contributed by atoms with E-state index in [1.165, 1.54) is 12.1 Å². The highest BCUT2D eigenvalue weighted by Crippen LogP contribution is 2.24. The fourth-order valence-electron chi connectivity index (χ4n) is 2.70. The molecule has 8 heteroatoms. The van der Waals surface area contributed by atoms with Crippen LogP contribution in [0.25, 0.3) is 22.1 Å². The molecule has 140 valence electrons. The molecule has 0 bridgehead atoms. The van der Waals surface area contributed by atoms with Crippen molar-refractivity contribution in [1.29, 1.82) is 0 Å². The number of nitrogens with zero attached hydrogens (tertiary/aromatic N) is 2.